The first kappa shape index (κ1) is 31.8. The molecule has 0 unspecified atom stereocenters. The summed E-state index contributed by atoms with van der Waals surface area (Å²) in [6.45, 7) is 0. The van der Waals surface area contributed by atoms with E-state index in [2.05, 4.69) is 146 Å². The average molecular weight is 747 g/mol. The van der Waals surface area contributed by atoms with Crippen molar-refractivity contribution in [1.82, 2.24) is 29.1 Å². The summed E-state index contributed by atoms with van der Waals surface area (Å²) in [6, 6.07) is 60.2. The molecule has 0 aliphatic heterocycles. The fourth-order valence-corrected chi connectivity index (χ4v) is 9.56. The third-order valence-corrected chi connectivity index (χ3v) is 12.2. The van der Waals surface area contributed by atoms with Gasteiger partial charge in [-0.25, -0.2) is 9.97 Å². The van der Waals surface area contributed by atoms with Crippen molar-refractivity contribution in [2.24, 2.45) is 0 Å². The van der Waals surface area contributed by atoms with Gasteiger partial charge in [0, 0.05) is 59.8 Å². The molecule has 6 heterocycles. The minimum atomic E-state index is 0.570. The van der Waals surface area contributed by atoms with Gasteiger partial charge in [-0.05, 0) is 102 Å². The third kappa shape index (κ3) is 5.03. The highest BCUT2D eigenvalue weighted by molar-refractivity contribution is 7.25. The second kappa shape index (κ2) is 12.5. The maximum atomic E-state index is 5.13. The Kier molecular flexibility index (Phi) is 7.00. The summed E-state index contributed by atoms with van der Waals surface area (Å²) >= 11 is 1.85. The number of thiophene rings is 1. The number of pyridine rings is 2. The highest BCUT2D eigenvalue weighted by Gasteiger charge is 2.19. The molecule has 0 fully saturated rings. The number of benzene rings is 6. The number of fused-ring (bicyclic) bond motifs is 9. The Labute approximate surface area is 330 Å². The van der Waals surface area contributed by atoms with Gasteiger partial charge in [0.05, 0.1) is 44.8 Å². The van der Waals surface area contributed by atoms with Crippen molar-refractivity contribution in [3.8, 4) is 45.5 Å². The zero-order valence-electron chi connectivity index (χ0n) is 30.4. The quantitative estimate of drug-likeness (QED) is 0.176. The largest absolute Gasteiger partial charge is 0.309 e. The molecule has 0 atom stereocenters. The van der Waals surface area contributed by atoms with E-state index >= 15 is 0 Å². The van der Waals surface area contributed by atoms with Crippen LogP contribution in [0, 0.1) is 0 Å². The predicted molar refractivity (Wildman–Crippen MR) is 235 cm³/mol. The van der Waals surface area contributed by atoms with Crippen molar-refractivity contribution >= 4 is 75.1 Å². The first-order valence-electron chi connectivity index (χ1n) is 19.0. The van der Waals surface area contributed by atoms with Crippen LogP contribution in [-0.2, 0) is 0 Å². The van der Waals surface area contributed by atoms with E-state index in [0.29, 0.717) is 5.95 Å². The topological polar surface area (TPSA) is 61.4 Å². The van der Waals surface area contributed by atoms with Crippen LogP contribution in [0.1, 0.15) is 0 Å². The second-order valence-corrected chi connectivity index (χ2v) is 15.4. The fraction of sp³-hybridized carbons (Fsp3) is 0. The zero-order chi connectivity index (χ0) is 37.5. The number of nitrogens with zero attached hydrogens (tertiary/aromatic N) is 6. The number of hydrogen-bond acceptors (Lipinski definition) is 5. The number of aromatic nitrogens is 6. The van der Waals surface area contributed by atoms with Crippen molar-refractivity contribution in [3.05, 3.63) is 182 Å². The van der Waals surface area contributed by atoms with E-state index in [1.165, 1.54) is 47.7 Å². The van der Waals surface area contributed by atoms with Gasteiger partial charge in [0.25, 0.3) is 0 Å². The van der Waals surface area contributed by atoms with E-state index in [9.17, 15) is 0 Å². The summed E-state index contributed by atoms with van der Waals surface area (Å²) in [5, 5.41) is 7.33. The van der Waals surface area contributed by atoms with Crippen LogP contribution in [0.2, 0.25) is 0 Å². The molecule has 6 nitrogen and oxygen atoms in total. The molecular formula is C50H30N6S. The molecule has 0 amide bonds. The van der Waals surface area contributed by atoms with Crippen LogP contribution in [0.15, 0.2) is 182 Å². The molecule has 266 valence electrons. The van der Waals surface area contributed by atoms with Crippen LogP contribution in [0.3, 0.4) is 0 Å². The minimum Gasteiger partial charge on any atom is -0.309 e. The number of rotatable bonds is 5. The molecule has 0 saturated carbocycles. The van der Waals surface area contributed by atoms with E-state index in [1.807, 2.05) is 53.8 Å². The summed E-state index contributed by atoms with van der Waals surface area (Å²) in [6.07, 6.45) is 3.58. The Hall–Kier alpha value is -7.48. The van der Waals surface area contributed by atoms with Gasteiger partial charge in [0.15, 0.2) is 0 Å². The summed E-state index contributed by atoms with van der Waals surface area (Å²) in [5.74, 6) is 0.570. The first-order chi connectivity index (χ1) is 28.2. The molecule has 7 heteroatoms. The van der Waals surface area contributed by atoms with Gasteiger partial charge in [-0.2, -0.15) is 0 Å². The van der Waals surface area contributed by atoms with Gasteiger partial charge in [-0.1, -0.05) is 78.9 Å². The van der Waals surface area contributed by atoms with Crippen molar-refractivity contribution in [1.29, 1.82) is 0 Å². The molecule has 0 N–H and O–H groups in total. The zero-order valence-corrected chi connectivity index (χ0v) is 31.2. The van der Waals surface area contributed by atoms with Gasteiger partial charge < -0.3 is 4.57 Å². The molecule has 57 heavy (non-hydrogen) atoms. The number of hydrogen-bond donors (Lipinski definition) is 0. The third-order valence-electron chi connectivity index (χ3n) is 11.1. The van der Waals surface area contributed by atoms with Crippen LogP contribution in [0.5, 0.6) is 0 Å². The SMILES string of the molecule is c1ccc(-c2cc(-c3ccccn3)nc(-n3c4ccccc4c4cc(-c5ccc6c(c5)c5ccccc5n6-c5ccc6sc7ccccc7c6c5)ccc43)n2)nc1. The van der Waals surface area contributed by atoms with Crippen LogP contribution >= 0.6 is 11.3 Å². The molecular weight excluding hydrogens is 717 g/mol. The Morgan fingerprint density at radius 2 is 0.877 bits per heavy atom. The smallest absolute Gasteiger partial charge is 0.235 e. The highest BCUT2D eigenvalue weighted by atomic mass is 32.1. The van der Waals surface area contributed by atoms with E-state index < -0.39 is 0 Å². The fourth-order valence-electron chi connectivity index (χ4n) is 8.48. The standard InChI is InChI=1S/C50H30N6S/c1-4-16-44-34(11-1)37-27-31(19-22-46(37)55(44)33-21-24-49-39(29-33)36-13-3-6-18-48(36)57-49)32-20-23-47-38(28-32)35-12-2-5-17-45(35)56(47)50-53-42(40-14-7-9-25-51-40)30-43(54-50)41-15-8-10-26-52-41/h1-30H. The maximum Gasteiger partial charge on any atom is 0.235 e. The van der Waals surface area contributed by atoms with E-state index in [1.54, 1.807) is 12.4 Å². The molecule has 0 spiro atoms. The Bertz CT molecular complexity index is 3470. The summed E-state index contributed by atoms with van der Waals surface area (Å²) < 4.78 is 7.20. The summed E-state index contributed by atoms with van der Waals surface area (Å²) in [4.78, 5) is 19.5. The van der Waals surface area contributed by atoms with Crippen molar-refractivity contribution in [3.63, 3.8) is 0 Å². The van der Waals surface area contributed by atoms with Crippen LogP contribution in [0.4, 0.5) is 0 Å². The van der Waals surface area contributed by atoms with Gasteiger partial charge in [-0.3, -0.25) is 14.5 Å². The van der Waals surface area contributed by atoms with Crippen molar-refractivity contribution < 1.29 is 0 Å². The van der Waals surface area contributed by atoms with Crippen LogP contribution in [-0.4, -0.2) is 29.1 Å². The number of para-hydroxylation sites is 2. The molecule has 6 aromatic carbocycles. The molecule has 0 aliphatic carbocycles. The summed E-state index contributed by atoms with van der Waals surface area (Å²) in [5.41, 5.74) is 10.9. The van der Waals surface area contributed by atoms with Crippen molar-refractivity contribution in [2.45, 2.75) is 0 Å². The molecule has 0 bridgehead atoms. The van der Waals surface area contributed by atoms with E-state index in [-0.39, 0.29) is 0 Å². The maximum absolute atomic E-state index is 5.13. The van der Waals surface area contributed by atoms with Gasteiger partial charge in [0.1, 0.15) is 0 Å². The van der Waals surface area contributed by atoms with Gasteiger partial charge in [-0.15, -0.1) is 11.3 Å². The van der Waals surface area contributed by atoms with Crippen LogP contribution < -0.4 is 0 Å². The summed E-state index contributed by atoms with van der Waals surface area (Å²) in [7, 11) is 0. The Balaban J connectivity index is 1.03. The molecule has 0 aliphatic rings. The monoisotopic (exact) mass is 746 g/mol. The highest BCUT2D eigenvalue weighted by Crippen LogP contribution is 2.40. The van der Waals surface area contributed by atoms with E-state index in [0.717, 1.165) is 55.7 Å². The molecule has 0 saturated heterocycles. The molecule has 12 aromatic rings. The van der Waals surface area contributed by atoms with Gasteiger partial charge >= 0.3 is 0 Å². The molecule has 12 rings (SSSR count). The minimum absolute atomic E-state index is 0.570. The molecule has 0 radical (unpaired) electrons. The van der Waals surface area contributed by atoms with Crippen LogP contribution in [0.25, 0.3) is 109 Å². The normalized spacial score (nSPS) is 11.9. The second-order valence-electron chi connectivity index (χ2n) is 14.3. The lowest BCUT2D eigenvalue weighted by molar-refractivity contribution is 0.988. The van der Waals surface area contributed by atoms with Crippen molar-refractivity contribution in [2.75, 3.05) is 0 Å². The molecule has 6 aromatic heterocycles. The Morgan fingerprint density at radius 3 is 1.51 bits per heavy atom. The van der Waals surface area contributed by atoms with Gasteiger partial charge in [0.2, 0.25) is 5.95 Å². The predicted octanol–water partition coefficient (Wildman–Crippen LogP) is 12.8. The Morgan fingerprint density at radius 1 is 0.351 bits per heavy atom. The van der Waals surface area contributed by atoms with E-state index in [4.69, 9.17) is 9.97 Å². The lowest BCUT2D eigenvalue weighted by Gasteiger charge is -2.11. The lowest BCUT2D eigenvalue weighted by atomic mass is 10.0. The first-order valence-corrected chi connectivity index (χ1v) is 19.8. The lowest BCUT2D eigenvalue weighted by Crippen LogP contribution is -2.04. The average Bonchev–Trinajstić information content (AvgIpc) is 3.94.